The lowest BCUT2D eigenvalue weighted by Gasteiger charge is -2.64. The standard InChI is InChI=1S/C34H48F2O12S/c1-17-7-8-26(44-11-12-45-31(40)34(35,36)49(41,42)43)23-15-25-29-24(16-28(48-20(4)39)33(25,6)30(17)23)32(5)10-9-22(46-18(2)37)13-21(32)14-27(29)47-19(3)38/h17,21-22,24-25,27-30H,7-16H2,1-6H3,(H,41,42,43)/t17-,21+,22?,24+,25+,27?,28?,29-,30+,32+,33-/m1/s1. The third-order valence-corrected chi connectivity index (χ3v) is 13.3. The highest BCUT2D eigenvalue weighted by atomic mass is 32.2. The first-order chi connectivity index (χ1) is 22.7. The molecule has 12 nitrogen and oxygen atoms in total. The molecular weight excluding hydrogens is 670 g/mol. The summed E-state index contributed by atoms with van der Waals surface area (Å²) < 4.78 is 86.3. The number of rotatable bonds is 9. The Morgan fingerprint density at radius 3 is 2.18 bits per heavy atom. The van der Waals surface area contributed by atoms with Crippen LogP contribution in [0.5, 0.6) is 0 Å². The second-order valence-corrected chi connectivity index (χ2v) is 16.7. The number of fused-ring (bicyclic) bond motifs is 7. The molecular formula is C34H48F2O12S. The summed E-state index contributed by atoms with van der Waals surface area (Å²) in [7, 11) is -6.00. The van der Waals surface area contributed by atoms with Gasteiger partial charge in [0.05, 0.1) is 5.76 Å². The third-order valence-electron chi connectivity index (χ3n) is 12.5. The second-order valence-electron chi connectivity index (χ2n) is 15.2. The van der Waals surface area contributed by atoms with Crippen LogP contribution in [0.15, 0.2) is 11.3 Å². The van der Waals surface area contributed by atoms with Gasteiger partial charge in [-0.25, -0.2) is 4.79 Å². The van der Waals surface area contributed by atoms with Crippen molar-refractivity contribution in [1.82, 2.24) is 0 Å². The van der Waals surface area contributed by atoms with E-state index in [1.54, 1.807) is 0 Å². The SMILES string of the molecule is CC(=O)OC1CC[C@@]2(C)[C@@H](C1)CC(OC(C)=O)[C@@H]1[C@@H]2CC(OC(C)=O)[C@]2(C)[C@@H]3C(=C(OCCOC(=O)C(F)(F)S(=O)(=O)O)CC[C@H]3C)C[C@@H]12. The van der Waals surface area contributed by atoms with Crippen LogP contribution in [-0.4, -0.2) is 73.6 Å². The third kappa shape index (κ3) is 6.70. The molecule has 0 radical (unpaired) electrons. The topological polar surface area (TPSA) is 169 Å². The molecule has 0 aromatic carbocycles. The van der Waals surface area contributed by atoms with Crippen molar-refractivity contribution in [2.45, 2.75) is 116 Å². The Hall–Kier alpha value is -2.81. The Kier molecular flexibility index (Phi) is 10.2. The first kappa shape index (κ1) is 37.4. The summed E-state index contributed by atoms with van der Waals surface area (Å²) in [5, 5.41) is -5.11. The Balaban J connectivity index is 1.48. The van der Waals surface area contributed by atoms with Gasteiger partial charge in [0.25, 0.3) is 0 Å². The zero-order valence-corrected chi connectivity index (χ0v) is 29.7. The lowest BCUT2D eigenvalue weighted by atomic mass is 9.43. The molecule has 0 saturated heterocycles. The minimum absolute atomic E-state index is 0.0283. The molecule has 0 amide bonds. The molecule has 4 fully saturated rings. The van der Waals surface area contributed by atoms with Crippen molar-refractivity contribution < 1.29 is 64.6 Å². The van der Waals surface area contributed by atoms with E-state index in [-0.39, 0.29) is 65.6 Å². The van der Waals surface area contributed by atoms with E-state index in [4.69, 9.17) is 23.5 Å². The molecule has 3 unspecified atom stereocenters. The largest absolute Gasteiger partial charge is 0.494 e. The van der Waals surface area contributed by atoms with Crippen molar-refractivity contribution in [2.75, 3.05) is 13.2 Å². The average Bonchev–Trinajstić information content (AvgIpc) is 3.31. The molecule has 0 aliphatic heterocycles. The highest BCUT2D eigenvalue weighted by Gasteiger charge is 2.69. The van der Waals surface area contributed by atoms with Gasteiger partial charge in [-0.15, -0.1) is 0 Å². The number of halogens is 2. The predicted octanol–water partition coefficient (Wildman–Crippen LogP) is 4.99. The molecule has 0 heterocycles. The van der Waals surface area contributed by atoms with Gasteiger partial charge in [0.15, 0.2) is 0 Å². The van der Waals surface area contributed by atoms with Crippen LogP contribution in [0.4, 0.5) is 8.78 Å². The molecule has 15 heteroatoms. The fourth-order valence-electron chi connectivity index (χ4n) is 10.6. The maximum Gasteiger partial charge on any atom is 0.465 e. The summed E-state index contributed by atoms with van der Waals surface area (Å²) in [6, 6.07) is 0. The van der Waals surface area contributed by atoms with E-state index in [1.165, 1.54) is 20.8 Å². The lowest BCUT2D eigenvalue weighted by Crippen LogP contribution is -2.63. The molecule has 0 aromatic rings. The molecule has 0 spiro atoms. The maximum absolute atomic E-state index is 13.7. The number of carbonyl (C=O) groups excluding carboxylic acids is 4. The van der Waals surface area contributed by atoms with E-state index in [0.29, 0.717) is 44.3 Å². The van der Waals surface area contributed by atoms with Crippen LogP contribution >= 0.6 is 0 Å². The number of carbonyl (C=O) groups is 4. The van der Waals surface area contributed by atoms with E-state index in [2.05, 4.69) is 25.5 Å². The van der Waals surface area contributed by atoms with Crippen molar-refractivity contribution in [3.8, 4) is 0 Å². The Morgan fingerprint density at radius 1 is 0.918 bits per heavy atom. The zero-order chi connectivity index (χ0) is 36.3. The van der Waals surface area contributed by atoms with Crippen LogP contribution in [0.2, 0.25) is 0 Å². The number of esters is 4. The van der Waals surface area contributed by atoms with Gasteiger partial charge in [-0.3, -0.25) is 18.9 Å². The van der Waals surface area contributed by atoms with E-state index in [9.17, 15) is 36.4 Å². The molecule has 5 aliphatic rings. The van der Waals surface area contributed by atoms with Gasteiger partial charge in [0.2, 0.25) is 0 Å². The molecule has 276 valence electrons. The lowest BCUT2D eigenvalue weighted by molar-refractivity contribution is -0.224. The summed E-state index contributed by atoms with van der Waals surface area (Å²) in [4.78, 5) is 48.7. The summed E-state index contributed by atoms with van der Waals surface area (Å²) in [5.74, 6) is -2.80. The summed E-state index contributed by atoms with van der Waals surface area (Å²) >= 11 is 0. The highest BCUT2D eigenvalue weighted by Crippen LogP contribution is 2.71. The first-order valence-corrected chi connectivity index (χ1v) is 18.5. The highest BCUT2D eigenvalue weighted by molar-refractivity contribution is 7.87. The van der Waals surface area contributed by atoms with Gasteiger partial charge in [0, 0.05) is 38.5 Å². The fourth-order valence-corrected chi connectivity index (χ4v) is 10.9. The number of ether oxygens (including phenoxy) is 5. The maximum atomic E-state index is 13.7. The quantitative estimate of drug-likeness (QED) is 0.147. The van der Waals surface area contributed by atoms with Crippen molar-refractivity contribution in [2.24, 2.45) is 46.3 Å². The van der Waals surface area contributed by atoms with Crippen molar-refractivity contribution in [3.05, 3.63) is 11.3 Å². The summed E-state index contributed by atoms with van der Waals surface area (Å²) in [6.45, 7) is 9.76. The Labute approximate surface area is 285 Å². The average molecular weight is 719 g/mol. The van der Waals surface area contributed by atoms with Crippen molar-refractivity contribution >= 4 is 34.0 Å². The van der Waals surface area contributed by atoms with Gasteiger partial charge in [-0.1, -0.05) is 20.8 Å². The summed E-state index contributed by atoms with van der Waals surface area (Å²) in [5.41, 5.74) is 0.252. The Bertz CT molecular complexity index is 1500. The van der Waals surface area contributed by atoms with E-state index < -0.39 is 51.5 Å². The number of alkyl halides is 2. The normalized spacial score (nSPS) is 38.6. The van der Waals surface area contributed by atoms with Crippen LogP contribution < -0.4 is 0 Å². The minimum atomic E-state index is -6.00. The molecule has 11 atom stereocenters. The van der Waals surface area contributed by atoms with Gasteiger partial charge in [-0.05, 0) is 85.5 Å². The van der Waals surface area contributed by atoms with Crippen LogP contribution in [0.1, 0.15) is 92.9 Å². The molecule has 5 rings (SSSR count). The molecule has 5 aliphatic carbocycles. The number of hydrogen-bond acceptors (Lipinski definition) is 11. The Morgan fingerprint density at radius 2 is 1.57 bits per heavy atom. The van der Waals surface area contributed by atoms with Crippen molar-refractivity contribution in [3.63, 3.8) is 0 Å². The molecule has 0 aromatic heterocycles. The van der Waals surface area contributed by atoms with Gasteiger partial charge < -0.3 is 23.7 Å². The molecule has 49 heavy (non-hydrogen) atoms. The zero-order valence-electron chi connectivity index (χ0n) is 28.9. The van der Waals surface area contributed by atoms with Crippen molar-refractivity contribution in [1.29, 1.82) is 0 Å². The molecule has 4 saturated carbocycles. The van der Waals surface area contributed by atoms with Crippen LogP contribution in [-0.2, 0) is 53.0 Å². The molecule has 0 bridgehead atoms. The summed E-state index contributed by atoms with van der Waals surface area (Å²) in [6.07, 6.45) is 4.07. The van der Waals surface area contributed by atoms with Gasteiger partial charge in [0.1, 0.15) is 31.5 Å². The smallest absolute Gasteiger partial charge is 0.465 e. The van der Waals surface area contributed by atoms with Gasteiger partial charge >= 0.3 is 39.2 Å². The van der Waals surface area contributed by atoms with E-state index in [0.717, 1.165) is 18.4 Å². The van der Waals surface area contributed by atoms with E-state index >= 15 is 0 Å². The van der Waals surface area contributed by atoms with Gasteiger partial charge in [-0.2, -0.15) is 17.2 Å². The monoisotopic (exact) mass is 718 g/mol. The second kappa shape index (κ2) is 13.4. The molecule has 1 N–H and O–H groups in total. The van der Waals surface area contributed by atoms with Crippen LogP contribution in [0.25, 0.3) is 0 Å². The number of allylic oxidation sites excluding steroid dienone is 2. The van der Waals surface area contributed by atoms with Crippen LogP contribution in [0, 0.1) is 46.3 Å². The predicted molar refractivity (Wildman–Crippen MR) is 167 cm³/mol. The van der Waals surface area contributed by atoms with E-state index in [1.807, 2.05) is 0 Å². The fraction of sp³-hybridized carbons (Fsp3) is 0.824. The number of hydrogen-bond donors (Lipinski definition) is 1. The first-order valence-electron chi connectivity index (χ1n) is 17.1. The minimum Gasteiger partial charge on any atom is -0.494 e. The van der Waals surface area contributed by atoms with Crippen LogP contribution in [0.3, 0.4) is 0 Å².